The van der Waals surface area contributed by atoms with E-state index in [9.17, 15) is 4.79 Å². The highest BCUT2D eigenvalue weighted by Gasteiger charge is 2.00. The van der Waals surface area contributed by atoms with Crippen molar-refractivity contribution in [2.75, 3.05) is 6.54 Å². The number of ether oxygens (including phenoxy) is 1. The summed E-state index contributed by atoms with van der Waals surface area (Å²) in [6, 6.07) is 9.61. The molecule has 0 bridgehead atoms. The van der Waals surface area contributed by atoms with Crippen LogP contribution in [0, 0.1) is 0 Å². The molecule has 1 amide bonds. The van der Waals surface area contributed by atoms with Gasteiger partial charge in [-0.25, -0.2) is 4.79 Å². The Morgan fingerprint density at radius 3 is 2.72 bits per heavy atom. The molecule has 18 heavy (non-hydrogen) atoms. The van der Waals surface area contributed by atoms with Gasteiger partial charge < -0.3 is 10.1 Å². The lowest BCUT2D eigenvalue weighted by atomic mass is 10.2. The summed E-state index contributed by atoms with van der Waals surface area (Å²) < 4.78 is 5.07. The first-order valence-corrected chi connectivity index (χ1v) is 6.01. The van der Waals surface area contributed by atoms with Crippen molar-refractivity contribution >= 4 is 6.09 Å². The first-order valence-electron chi connectivity index (χ1n) is 6.01. The van der Waals surface area contributed by atoms with Crippen molar-refractivity contribution in [3.05, 3.63) is 53.3 Å². The van der Waals surface area contributed by atoms with Crippen LogP contribution in [0.4, 0.5) is 4.79 Å². The predicted molar refractivity (Wildman–Crippen MR) is 72.2 cm³/mol. The Kier molecular flexibility index (Phi) is 6.37. The Morgan fingerprint density at radius 2 is 2.06 bits per heavy atom. The van der Waals surface area contributed by atoms with Crippen molar-refractivity contribution in [2.45, 2.75) is 26.9 Å². The van der Waals surface area contributed by atoms with Gasteiger partial charge in [0.25, 0.3) is 0 Å². The molecule has 0 heterocycles. The third-order valence-electron chi connectivity index (χ3n) is 2.16. The molecule has 1 rings (SSSR count). The SMILES string of the molecule is CC(C)=C=CCCNC(=O)OCc1ccccc1. The molecule has 0 spiro atoms. The monoisotopic (exact) mass is 245 g/mol. The number of nitrogens with one attached hydrogen (secondary N) is 1. The maximum absolute atomic E-state index is 11.3. The molecule has 0 radical (unpaired) electrons. The molecule has 1 N–H and O–H groups in total. The molecule has 96 valence electrons. The molecule has 0 aromatic heterocycles. The standard InChI is InChI=1S/C15H19NO2/c1-13(2)8-6-7-11-16-15(17)18-12-14-9-4-3-5-10-14/h3-6,9-10H,7,11-12H2,1-2H3,(H,16,17). The van der Waals surface area contributed by atoms with Gasteiger partial charge in [0.05, 0.1) is 0 Å². The number of carbonyl (C=O) groups is 1. The lowest BCUT2D eigenvalue weighted by molar-refractivity contribution is 0.140. The van der Waals surface area contributed by atoms with Crippen molar-refractivity contribution in [1.82, 2.24) is 5.32 Å². The van der Waals surface area contributed by atoms with Crippen LogP contribution in [-0.4, -0.2) is 12.6 Å². The minimum Gasteiger partial charge on any atom is -0.445 e. The van der Waals surface area contributed by atoms with Crippen LogP contribution in [0.2, 0.25) is 0 Å². The second-order valence-electron chi connectivity index (χ2n) is 4.13. The summed E-state index contributed by atoms with van der Waals surface area (Å²) in [5.41, 5.74) is 5.19. The van der Waals surface area contributed by atoms with E-state index in [1.54, 1.807) is 0 Å². The first-order chi connectivity index (χ1) is 8.68. The highest BCUT2D eigenvalue weighted by molar-refractivity contribution is 5.67. The number of rotatable bonds is 5. The minimum absolute atomic E-state index is 0.302. The Hall–Kier alpha value is -1.99. The summed E-state index contributed by atoms with van der Waals surface area (Å²) in [5, 5.41) is 2.68. The molecule has 3 heteroatoms. The highest BCUT2D eigenvalue weighted by Crippen LogP contribution is 2.00. The molecule has 0 aliphatic rings. The van der Waals surface area contributed by atoms with E-state index in [4.69, 9.17) is 4.74 Å². The largest absolute Gasteiger partial charge is 0.445 e. The smallest absolute Gasteiger partial charge is 0.407 e. The van der Waals surface area contributed by atoms with Gasteiger partial charge in [0, 0.05) is 6.54 Å². The van der Waals surface area contributed by atoms with Gasteiger partial charge >= 0.3 is 6.09 Å². The maximum atomic E-state index is 11.3. The third-order valence-corrected chi connectivity index (χ3v) is 2.16. The molecular formula is C15H19NO2. The highest BCUT2D eigenvalue weighted by atomic mass is 16.5. The summed E-state index contributed by atoms with van der Waals surface area (Å²) in [6.07, 6.45) is 2.28. The molecule has 0 fully saturated rings. The molecular weight excluding hydrogens is 226 g/mol. The van der Waals surface area contributed by atoms with E-state index in [2.05, 4.69) is 11.0 Å². The summed E-state index contributed by atoms with van der Waals surface area (Å²) >= 11 is 0. The molecule has 1 aromatic carbocycles. The topological polar surface area (TPSA) is 38.3 Å². The van der Waals surface area contributed by atoms with Crippen molar-refractivity contribution in [3.8, 4) is 0 Å². The summed E-state index contributed by atoms with van der Waals surface area (Å²) in [6.45, 7) is 4.83. The van der Waals surface area contributed by atoms with Gasteiger partial charge in [0.15, 0.2) is 0 Å². The van der Waals surface area contributed by atoms with Crippen LogP contribution in [0.3, 0.4) is 0 Å². The van der Waals surface area contributed by atoms with Gasteiger partial charge in [-0.15, -0.1) is 5.73 Å². The van der Waals surface area contributed by atoms with E-state index in [1.165, 1.54) is 0 Å². The number of amides is 1. The van der Waals surface area contributed by atoms with Crippen LogP contribution in [-0.2, 0) is 11.3 Å². The zero-order chi connectivity index (χ0) is 13.2. The van der Waals surface area contributed by atoms with Crippen molar-refractivity contribution in [1.29, 1.82) is 0 Å². The molecule has 1 aromatic rings. The quantitative estimate of drug-likeness (QED) is 0.637. The molecule has 0 aliphatic carbocycles. The summed E-state index contributed by atoms with van der Waals surface area (Å²) in [5.74, 6) is 0. The zero-order valence-corrected chi connectivity index (χ0v) is 10.9. The zero-order valence-electron chi connectivity index (χ0n) is 10.9. The van der Waals surface area contributed by atoms with Crippen LogP contribution >= 0.6 is 0 Å². The number of hydrogen-bond acceptors (Lipinski definition) is 2. The van der Waals surface area contributed by atoms with E-state index in [0.717, 1.165) is 17.6 Å². The summed E-state index contributed by atoms with van der Waals surface area (Å²) in [4.78, 5) is 11.3. The Labute approximate surface area is 108 Å². The number of benzene rings is 1. The predicted octanol–water partition coefficient (Wildman–Crippen LogP) is 3.42. The van der Waals surface area contributed by atoms with Gasteiger partial charge in [-0.1, -0.05) is 30.3 Å². The van der Waals surface area contributed by atoms with Crippen LogP contribution in [0.25, 0.3) is 0 Å². The van der Waals surface area contributed by atoms with E-state index < -0.39 is 0 Å². The molecule has 0 aliphatic heterocycles. The summed E-state index contributed by atoms with van der Waals surface area (Å²) in [7, 11) is 0. The lowest BCUT2D eigenvalue weighted by Crippen LogP contribution is -2.24. The van der Waals surface area contributed by atoms with Crippen molar-refractivity contribution < 1.29 is 9.53 Å². The second-order valence-corrected chi connectivity index (χ2v) is 4.13. The molecule has 0 saturated heterocycles. The van der Waals surface area contributed by atoms with Gasteiger partial charge in [0.2, 0.25) is 0 Å². The van der Waals surface area contributed by atoms with Gasteiger partial charge in [0.1, 0.15) is 6.61 Å². The molecule has 0 atom stereocenters. The normalized spacial score (nSPS) is 9.22. The van der Waals surface area contributed by atoms with Crippen molar-refractivity contribution in [2.24, 2.45) is 0 Å². The lowest BCUT2D eigenvalue weighted by Gasteiger charge is -2.05. The van der Waals surface area contributed by atoms with Crippen LogP contribution < -0.4 is 5.32 Å². The third kappa shape index (κ3) is 6.56. The van der Waals surface area contributed by atoms with Crippen LogP contribution in [0.1, 0.15) is 25.8 Å². The number of alkyl carbamates (subject to hydrolysis) is 1. The van der Waals surface area contributed by atoms with Gasteiger partial charge in [-0.2, -0.15) is 0 Å². The number of carbonyl (C=O) groups excluding carboxylic acids is 1. The fraction of sp³-hybridized carbons (Fsp3) is 0.333. The Bertz CT molecular complexity index is 427. The van der Waals surface area contributed by atoms with Crippen LogP contribution in [0.15, 0.2) is 47.7 Å². The fourth-order valence-electron chi connectivity index (χ4n) is 1.30. The maximum Gasteiger partial charge on any atom is 0.407 e. The van der Waals surface area contributed by atoms with Crippen LogP contribution in [0.5, 0.6) is 0 Å². The fourth-order valence-corrected chi connectivity index (χ4v) is 1.30. The van der Waals surface area contributed by atoms with Gasteiger partial charge in [-0.05, 0) is 37.5 Å². The average Bonchev–Trinajstić information content (AvgIpc) is 2.37. The van der Waals surface area contributed by atoms with E-state index in [0.29, 0.717) is 13.2 Å². The van der Waals surface area contributed by atoms with E-state index in [-0.39, 0.29) is 6.09 Å². The second kappa shape index (κ2) is 8.15. The van der Waals surface area contributed by atoms with Gasteiger partial charge in [-0.3, -0.25) is 0 Å². The number of hydrogen-bond donors (Lipinski definition) is 1. The first kappa shape index (κ1) is 14.1. The van der Waals surface area contributed by atoms with E-state index >= 15 is 0 Å². The molecule has 0 saturated carbocycles. The Morgan fingerprint density at radius 1 is 1.33 bits per heavy atom. The minimum atomic E-state index is -0.385. The average molecular weight is 245 g/mol. The molecule has 3 nitrogen and oxygen atoms in total. The Balaban J connectivity index is 2.17. The van der Waals surface area contributed by atoms with E-state index in [1.807, 2.05) is 50.3 Å². The van der Waals surface area contributed by atoms with Crippen molar-refractivity contribution in [3.63, 3.8) is 0 Å². The molecule has 0 unspecified atom stereocenters.